The Hall–Kier alpha value is -1.74. The van der Waals surface area contributed by atoms with E-state index in [4.69, 9.17) is 5.73 Å². The molecular weight excluding hydrogens is 228 g/mol. The number of rotatable bonds is 0. The van der Waals surface area contributed by atoms with Gasteiger partial charge < -0.3 is 5.73 Å². The van der Waals surface area contributed by atoms with Crippen LogP contribution in [0.5, 0.6) is 0 Å². The Bertz CT molecular complexity index is 720. The van der Waals surface area contributed by atoms with Crippen LogP contribution in [0.15, 0.2) is 45.1 Å². The van der Waals surface area contributed by atoms with Crippen molar-refractivity contribution >= 4 is 29.7 Å². The van der Waals surface area contributed by atoms with Crippen molar-refractivity contribution < 1.29 is 0 Å². The average molecular weight is 240 g/mol. The molecule has 2 N–H and O–H groups in total. The van der Waals surface area contributed by atoms with Crippen molar-refractivity contribution in [2.45, 2.75) is 16.7 Å². The molecule has 1 aliphatic rings. The zero-order valence-electron chi connectivity index (χ0n) is 9.53. The lowest BCUT2D eigenvalue weighted by Crippen LogP contribution is -2.12. The summed E-state index contributed by atoms with van der Waals surface area (Å²) in [5.41, 5.74) is 8.83. The van der Waals surface area contributed by atoms with Gasteiger partial charge in [0.1, 0.15) is 0 Å². The van der Waals surface area contributed by atoms with Gasteiger partial charge in [0.25, 0.3) is 0 Å². The molecule has 17 heavy (non-hydrogen) atoms. The zero-order chi connectivity index (χ0) is 12.0. The third kappa shape index (κ3) is 1.72. The molecule has 0 amide bonds. The van der Waals surface area contributed by atoms with Crippen LogP contribution in [-0.4, -0.2) is 0 Å². The van der Waals surface area contributed by atoms with E-state index in [9.17, 15) is 0 Å². The summed E-state index contributed by atoms with van der Waals surface area (Å²) >= 11 is 1.71. The lowest BCUT2D eigenvalue weighted by atomic mass is 10.2. The van der Waals surface area contributed by atoms with Gasteiger partial charge in [-0.2, -0.15) is 0 Å². The third-order valence-corrected chi connectivity index (χ3v) is 3.93. The number of hydrogen-bond acceptors (Lipinski definition) is 3. The van der Waals surface area contributed by atoms with E-state index < -0.39 is 0 Å². The molecular formula is C14H12N2S. The van der Waals surface area contributed by atoms with Crippen LogP contribution in [0.1, 0.15) is 5.56 Å². The molecule has 0 bridgehead atoms. The number of benzene rings is 2. The largest absolute Gasteiger partial charge is 0.398 e. The first-order valence-corrected chi connectivity index (χ1v) is 6.21. The van der Waals surface area contributed by atoms with Crippen LogP contribution in [0.2, 0.25) is 0 Å². The molecule has 0 unspecified atom stereocenters. The third-order valence-electron chi connectivity index (χ3n) is 2.83. The van der Waals surface area contributed by atoms with Gasteiger partial charge in [-0.25, -0.2) is 4.99 Å². The molecule has 3 rings (SSSR count). The molecule has 3 heteroatoms. The summed E-state index contributed by atoms with van der Waals surface area (Å²) in [7, 11) is 0. The quantitative estimate of drug-likeness (QED) is 0.613. The molecule has 0 aliphatic carbocycles. The van der Waals surface area contributed by atoms with Crippen molar-refractivity contribution in [3.63, 3.8) is 0 Å². The highest BCUT2D eigenvalue weighted by Gasteiger charge is 2.12. The number of hydrogen-bond donors (Lipinski definition) is 1. The summed E-state index contributed by atoms with van der Waals surface area (Å²) in [4.78, 5) is 6.91. The van der Waals surface area contributed by atoms with Crippen LogP contribution in [0.4, 0.5) is 11.4 Å². The van der Waals surface area contributed by atoms with Gasteiger partial charge in [-0.3, -0.25) is 0 Å². The lowest BCUT2D eigenvalue weighted by Gasteiger charge is -2.13. The van der Waals surface area contributed by atoms with Crippen molar-refractivity contribution in [2.24, 2.45) is 4.99 Å². The molecule has 2 aromatic rings. The number of nitrogen functional groups attached to an aromatic ring is 1. The maximum Gasteiger partial charge on any atom is 0.0780 e. The van der Waals surface area contributed by atoms with Gasteiger partial charge >= 0.3 is 0 Å². The fourth-order valence-corrected chi connectivity index (χ4v) is 2.90. The monoisotopic (exact) mass is 240 g/mol. The van der Waals surface area contributed by atoms with Crippen LogP contribution < -0.4 is 16.3 Å². The summed E-state index contributed by atoms with van der Waals surface area (Å²) in [5.74, 6) is 0. The Morgan fingerprint density at radius 2 is 2.00 bits per heavy atom. The van der Waals surface area contributed by atoms with Gasteiger partial charge in [0.2, 0.25) is 0 Å². The maximum absolute atomic E-state index is 5.93. The minimum Gasteiger partial charge on any atom is -0.398 e. The topological polar surface area (TPSA) is 38.4 Å². The van der Waals surface area contributed by atoms with Crippen LogP contribution in [0, 0.1) is 6.92 Å². The Kier molecular flexibility index (Phi) is 2.23. The number of nitrogens with two attached hydrogens (primary N) is 1. The molecule has 0 aromatic heterocycles. The predicted molar refractivity (Wildman–Crippen MR) is 72.1 cm³/mol. The van der Waals surface area contributed by atoms with Gasteiger partial charge in [-0.05, 0) is 42.0 Å². The summed E-state index contributed by atoms with van der Waals surface area (Å²) in [6.45, 7) is 5.94. The highest BCUT2D eigenvalue weighted by Crippen LogP contribution is 2.38. The molecule has 0 fully saturated rings. The van der Waals surface area contributed by atoms with E-state index in [0.717, 1.165) is 37.3 Å². The summed E-state index contributed by atoms with van der Waals surface area (Å²) in [6, 6.07) is 10.1. The molecule has 1 aliphatic heterocycles. The summed E-state index contributed by atoms with van der Waals surface area (Å²) in [6.07, 6.45) is 0. The Balaban J connectivity index is 2.29. The van der Waals surface area contributed by atoms with Gasteiger partial charge in [0.05, 0.1) is 11.0 Å². The fraction of sp³-hybridized carbons (Fsp3) is 0.0714. The van der Waals surface area contributed by atoms with Crippen molar-refractivity contribution in [1.29, 1.82) is 0 Å². The van der Waals surface area contributed by atoms with Crippen molar-refractivity contribution in [3.8, 4) is 0 Å². The van der Waals surface area contributed by atoms with Gasteiger partial charge in [0, 0.05) is 15.5 Å². The minimum absolute atomic E-state index is 0.820. The van der Waals surface area contributed by atoms with Crippen LogP contribution in [0.25, 0.3) is 6.58 Å². The van der Waals surface area contributed by atoms with Crippen LogP contribution in [-0.2, 0) is 0 Å². The molecule has 1 heterocycles. The van der Waals surface area contributed by atoms with Gasteiger partial charge in [-0.1, -0.05) is 24.4 Å². The number of fused-ring (bicyclic) bond motifs is 2. The zero-order valence-corrected chi connectivity index (χ0v) is 10.3. The van der Waals surface area contributed by atoms with Gasteiger partial charge in [-0.15, -0.1) is 0 Å². The highest BCUT2D eigenvalue weighted by molar-refractivity contribution is 7.99. The van der Waals surface area contributed by atoms with Crippen molar-refractivity contribution in [3.05, 3.63) is 46.5 Å². The molecule has 84 valence electrons. The number of nitrogens with zero attached hydrogens (tertiary/aromatic N) is 1. The van der Waals surface area contributed by atoms with E-state index >= 15 is 0 Å². The molecule has 0 spiro atoms. The SMILES string of the molecule is C=c1ccc2c(c1)Sc1cc(N)c(C)cc1N=2. The number of anilines is 1. The number of aryl methyl sites for hydroxylation is 1. The van der Waals surface area contributed by atoms with Gasteiger partial charge in [0.15, 0.2) is 0 Å². The highest BCUT2D eigenvalue weighted by atomic mass is 32.2. The average Bonchev–Trinajstić information content (AvgIpc) is 2.28. The van der Waals surface area contributed by atoms with Crippen molar-refractivity contribution in [2.75, 3.05) is 5.73 Å². The first-order chi connectivity index (χ1) is 8.13. The first-order valence-electron chi connectivity index (χ1n) is 5.39. The Labute approximate surface area is 104 Å². The molecule has 2 nitrogen and oxygen atoms in total. The molecule has 0 saturated heterocycles. The van der Waals surface area contributed by atoms with E-state index in [2.05, 4.69) is 17.6 Å². The van der Waals surface area contributed by atoms with E-state index in [-0.39, 0.29) is 0 Å². The smallest absolute Gasteiger partial charge is 0.0780 e. The summed E-state index contributed by atoms with van der Waals surface area (Å²) in [5, 5.41) is 2.02. The molecule has 0 radical (unpaired) electrons. The Morgan fingerprint density at radius 3 is 2.82 bits per heavy atom. The van der Waals surface area contributed by atoms with Crippen molar-refractivity contribution in [1.82, 2.24) is 0 Å². The van der Waals surface area contributed by atoms with E-state index in [0.29, 0.717) is 0 Å². The standard InChI is InChI=1S/C14H12N2S/c1-8-3-4-11-13(5-8)17-14-7-10(15)9(2)6-12(14)16-11/h3-7H,1,15H2,2H3. The lowest BCUT2D eigenvalue weighted by molar-refractivity contribution is 1.16. The normalized spacial score (nSPS) is 12.5. The molecule has 0 atom stereocenters. The maximum atomic E-state index is 5.93. The molecule has 2 aromatic carbocycles. The first kappa shape index (κ1) is 10.4. The summed E-state index contributed by atoms with van der Waals surface area (Å²) < 4.78 is 0. The Morgan fingerprint density at radius 1 is 1.18 bits per heavy atom. The van der Waals surface area contributed by atoms with E-state index in [1.54, 1.807) is 11.8 Å². The van der Waals surface area contributed by atoms with Crippen LogP contribution >= 0.6 is 11.8 Å². The van der Waals surface area contributed by atoms with E-state index in [1.165, 1.54) is 0 Å². The second-order valence-corrected chi connectivity index (χ2v) is 5.28. The second-order valence-electron chi connectivity index (χ2n) is 4.19. The fourth-order valence-electron chi connectivity index (χ4n) is 1.84. The minimum atomic E-state index is 0.820. The predicted octanol–water partition coefficient (Wildman–Crippen LogP) is 2.40. The molecule has 0 saturated carbocycles. The van der Waals surface area contributed by atoms with Crippen LogP contribution in [0.3, 0.4) is 0 Å². The second kappa shape index (κ2) is 3.64. The van der Waals surface area contributed by atoms with E-state index in [1.807, 2.05) is 31.2 Å².